The number of amides is 1. The first-order chi connectivity index (χ1) is 19.5. The van der Waals surface area contributed by atoms with Crippen molar-refractivity contribution < 1.29 is 33.1 Å². The molecule has 2 aliphatic rings. The lowest BCUT2D eigenvalue weighted by Gasteiger charge is -2.29. The lowest BCUT2D eigenvalue weighted by molar-refractivity contribution is -0.118. The molecule has 1 saturated heterocycles. The third kappa shape index (κ3) is 5.28. The number of ketones is 1. The zero-order valence-corrected chi connectivity index (χ0v) is 21.6. The molecule has 1 aromatic heterocycles. The van der Waals surface area contributed by atoms with Crippen LogP contribution in [-0.4, -0.2) is 65.7 Å². The number of nitrogens with zero attached hydrogens (tertiary/aromatic N) is 2. The van der Waals surface area contributed by atoms with Crippen LogP contribution in [0, 0.1) is 5.82 Å². The van der Waals surface area contributed by atoms with Crippen LogP contribution < -0.4 is 14.8 Å². The van der Waals surface area contributed by atoms with Crippen LogP contribution in [-0.2, 0) is 4.79 Å². The SMILES string of the molecule is O=C(N[C@H](CN1CCCC1)[C@H](O)c1cc(F)c2c(c1)OCCO2)C(=O)c1ccc(-c2ccc3oncc3c2)cc1. The molecule has 0 aliphatic carbocycles. The summed E-state index contributed by atoms with van der Waals surface area (Å²) in [6.45, 7) is 2.43. The van der Waals surface area contributed by atoms with Gasteiger partial charge in [-0.05, 0) is 66.9 Å². The molecule has 1 amide bonds. The number of halogens is 1. The van der Waals surface area contributed by atoms with Gasteiger partial charge in [-0.3, -0.25) is 9.59 Å². The van der Waals surface area contributed by atoms with E-state index >= 15 is 0 Å². The molecule has 4 aromatic rings. The summed E-state index contributed by atoms with van der Waals surface area (Å²) in [6, 6.07) is 14.2. The fourth-order valence-electron chi connectivity index (χ4n) is 5.23. The number of carbonyl (C=O) groups excluding carboxylic acids is 2. The summed E-state index contributed by atoms with van der Waals surface area (Å²) in [6.07, 6.45) is 2.36. The molecular formula is C30H28FN3O6. The van der Waals surface area contributed by atoms with E-state index in [0.29, 0.717) is 12.1 Å². The molecule has 0 radical (unpaired) electrons. The minimum atomic E-state index is -1.28. The van der Waals surface area contributed by atoms with Gasteiger partial charge in [-0.15, -0.1) is 0 Å². The van der Waals surface area contributed by atoms with Gasteiger partial charge in [0.1, 0.15) is 19.3 Å². The minimum Gasteiger partial charge on any atom is -0.486 e. The summed E-state index contributed by atoms with van der Waals surface area (Å²) in [5.41, 5.74) is 2.90. The van der Waals surface area contributed by atoms with Crippen LogP contribution in [0.4, 0.5) is 4.39 Å². The number of nitrogens with one attached hydrogen (secondary N) is 1. The Labute approximate surface area is 229 Å². The maximum absolute atomic E-state index is 14.7. The van der Waals surface area contributed by atoms with Gasteiger partial charge in [0.05, 0.1) is 12.2 Å². The topological polar surface area (TPSA) is 114 Å². The molecule has 0 unspecified atom stereocenters. The van der Waals surface area contributed by atoms with E-state index in [1.165, 1.54) is 12.1 Å². The van der Waals surface area contributed by atoms with Gasteiger partial charge < -0.3 is 29.3 Å². The molecular weight excluding hydrogens is 517 g/mol. The normalized spacial score (nSPS) is 16.6. The second kappa shape index (κ2) is 11.1. The van der Waals surface area contributed by atoms with Crippen LogP contribution >= 0.6 is 0 Å². The van der Waals surface area contributed by atoms with Crippen molar-refractivity contribution in [2.24, 2.45) is 0 Å². The van der Waals surface area contributed by atoms with Crippen LogP contribution in [0.5, 0.6) is 11.5 Å². The van der Waals surface area contributed by atoms with Crippen LogP contribution in [0.1, 0.15) is 34.9 Å². The second-order valence-electron chi connectivity index (χ2n) is 10.0. The van der Waals surface area contributed by atoms with Crippen molar-refractivity contribution in [2.45, 2.75) is 25.0 Å². The fraction of sp³-hybridized carbons (Fsp3) is 0.300. The van der Waals surface area contributed by atoms with E-state index in [0.717, 1.165) is 42.4 Å². The summed E-state index contributed by atoms with van der Waals surface area (Å²) in [7, 11) is 0. The number of fused-ring (bicyclic) bond motifs is 2. The lowest BCUT2D eigenvalue weighted by Crippen LogP contribution is -2.48. The second-order valence-corrected chi connectivity index (χ2v) is 10.0. The van der Waals surface area contributed by atoms with E-state index in [1.807, 2.05) is 18.2 Å². The third-order valence-corrected chi connectivity index (χ3v) is 7.35. The summed E-state index contributed by atoms with van der Waals surface area (Å²) in [5, 5.41) is 18.6. The van der Waals surface area contributed by atoms with Gasteiger partial charge in [0.25, 0.3) is 5.91 Å². The number of aliphatic hydroxyl groups is 1. The summed E-state index contributed by atoms with van der Waals surface area (Å²) in [4.78, 5) is 28.3. The van der Waals surface area contributed by atoms with E-state index in [1.54, 1.807) is 30.5 Å². The molecule has 206 valence electrons. The molecule has 6 rings (SSSR count). The maximum atomic E-state index is 14.7. The van der Waals surface area contributed by atoms with Gasteiger partial charge in [0, 0.05) is 17.5 Å². The van der Waals surface area contributed by atoms with Crippen LogP contribution in [0.3, 0.4) is 0 Å². The van der Waals surface area contributed by atoms with Crippen LogP contribution in [0.2, 0.25) is 0 Å². The smallest absolute Gasteiger partial charge is 0.292 e. The molecule has 2 atom stereocenters. The Kier molecular flexibility index (Phi) is 7.19. The van der Waals surface area contributed by atoms with Gasteiger partial charge in [-0.1, -0.05) is 35.5 Å². The largest absolute Gasteiger partial charge is 0.486 e. The average Bonchev–Trinajstić information content (AvgIpc) is 3.68. The van der Waals surface area contributed by atoms with Crippen molar-refractivity contribution >= 4 is 22.7 Å². The molecule has 2 aliphatic heterocycles. The van der Waals surface area contributed by atoms with Crippen molar-refractivity contribution in [3.63, 3.8) is 0 Å². The Morgan fingerprint density at radius 3 is 2.55 bits per heavy atom. The number of hydrogen-bond donors (Lipinski definition) is 2. The highest BCUT2D eigenvalue weighted by Crippen LogP contribution is 2.36. The summed E-state index contributed by atoms with van der Waals surface area (Å²) in [5.74, 6) is -2.03. The first-order valence-corrected chi connectivity index (χ1v) is 13.3. The monoisotopic (exact) mass is 545 g/mol. The van der Waals surface area contributed by atoms with Crippen molar-refractivity contribution in [3.8, 4) is 22.6 Å². The Bertz CT molecular complexity index is 1550. The first kappa shape index (κ1) is 26.0. The number of hydrogen-bond acceptors (Lipinski definition) is 8. The highest BCUT2D eigenvalue weighted by atomic mass is 19.1. The van der Waals surface area contributed by atoms with E-state index in [9.17, 15) is 19.1 Å². The molecule has 0 spiro atoms. The number of ether oxygens (including phenoxy) is 2. The molecule has 3 heterocycles. The molecule has 0 bridgehead atoms. The number of benzene rings is 3. The highest BCUT2D eigenvalue weighted by Gasteiger charge is 2.31. The molecule has 9 nitrogen and oxygen atoms in total. The van der Waals surface area contributed by atoms with E-state index in [-0.39, 0.29) is 35.8 Å². The van der Waals surface area contributed by atoms with E-state index in [2.05, 4.69) is 15.4 Å². The number of Topliss-reactive ketones (excluding diaryl/α,β-unsaturated/α-hetero) is 1. The van der Waals surface area contributed by atoms with Crippen LogP contribution in [0.15, 0.2) is 65.3 Å². The Morgan fingerprint density at radius 2 is 1.75 bits per heavy atom. The Balaban J connectivity index is 1.19. The summed E-state index contributed by atoms with van der Waals surface area (Å²) < 4.78 is 30.7. The van der Waals surface area contributed by atoms with Crippen molar-refractivity contribution in [2.75, 3.05) is 32.8 Å². The van der Waals surface area contributed by atoms with Gasteiger partial charge in [0.2, 0.25) is 5.78 Å². The third-order valence-electron chi connectivity index (χ3n) is 7.35. The Hall–Kier alpha value is -4.28. The zero-order valence-electron chi connectivity index (χ0n) is 21.6. The fourth-order valence-corrected chi connectivity index (χ4v) is 5.23. The average molecular weight is 546 g/mol. The van der Waals surface area contributed by atoms with E-state index in [4.69, 9.17) is 14.0 Å². The minimum absolute atomic E-state index is 0.00214. The van der Waals surface area contributed by atoms with Gasteiger partial charge in [-0.2, -0.15) is 0 Å². The van der Waals surface area contributed by atoms with Gasteiger partial charge >= 0.3 is 0 Å². The number of carbonyl (C=O) groups is 2. The van der Waals surface area contributed by atoms with E-state index < -0.39 is 29.7 Å². The summed E-state index contributed by atoms with van der Waals surface area (Å²) >= 11 is 0. The van der Waals surface area contributed by atoms with Crippen LogP contribution in [0.25, 0.3) is 22.1 Å². The highest BCUT2D eigenvalue weighted by molar-refractivity contribution is 6.42. The quantitative estimate of drug-likeness (QED) is 0.253. The molecule has 3 aromatic carbocycles. The predicted octanol–water partition coefficient (Wildman–Crippen LogP) is 3.90. The maximum Gasteiger partial charge on any atom is 0.292 e. The number of rotatable bonds is 8. The van der Waals surface area contributed by atoms with Crippen molar-refractivity contribution in [3.05, 3.63) is 77.7 Å². The van der Waals surface area contributed by atoms with Crippen molar-refractivity contribution in [1.82, 2.24) is 15.4 Å². The molecule has 2 N–H and O–H groups in total. The molecule has 0 saturated carbocycles. The number of aliphatic hydroxyl groups excluding tert-OH is 1. The Morgan fingerprint density at radius 1 is 1.00 bits per heavy atom. The lowest BCUT2D eigenvalue weighted by atomic mass is 9.99. The molecule has 10 heteroatoms. The predicted molar refractivity (Wildman–Crippen MR) is 144 cm³/mol. The first-order valence-electron chi connectivity index (χ1n) is 13.3. The molecule has 1 fully saturated rings. The number of aromatic nitrogens is 1. The van der Waals surface area contributed by atoms with Crippen molar-refractivity contribution in [1.29, 1.82) is 0 Å². The standard InChI is InChI=1S/C30H28FN3O6/c31-23-14-21(15-26-29(23)39-12-11-38-26)27(35)24(17-34-9-1-2-10-34)33-30(37)28(36)19-5-3-18(4-6-19)20-7-8-25-22(13-20)16-32-40-25/h3-8,13-16,24,27,35H,1-2,9-12,17H2,(H,33,37)/t24-,27-/m1/s1. The molecule has 40 heavy (non-hydrogen) atoms. The number of likely N-dealkylation sites (tertiary alicyclic amines) is 1. The van der Waals surface area contributed by atoms with Gasteiger partial charge in [-0.25, -0.2) is 4.39 Å². The zero-order chi connectivity index (χ0) is 27.6. The van der Waals surface area contributed by atoms with Gasteiger partial charge in [0.15, 0.2) is 22.9 Å².